The van der Waals surface area contributed by atoms with Crippen LogP contribution >= 0.6 is 0 Å². The molecule has 0 atom stereocenters. The third-order valence-corrected chi connectivity index (χ3v) is 3.48. The molecule has 0 spiro atoms. The first-order chi connectivity index (χ1) is 12.2. The van der Waals surface area contributed by atoms with E-state index in [1.807, 2.05) is 13.0 Å². The second-order valence-electron chi connectivity index (χ2n) is 5.22. The highest BCUT2D eigenvalue weighted by molar-refractivity contribution is 6.01. The molecule has 1 aromatic rings. The van der Waals surface area contributed by atoms with Crippen LogP contribution in [0.1, 0.15) is 18.9 Å². The lowest BCUT2D eigenvalue weighted by Crippen LogP contribution is -2.26. The van der Waals surface area contributed by atoms with Crippen LogP contribution in [0.2, 0.25) is 0 Å². The van der Waals surface area contributed by atoms with Crippen LogP contribution in [0, 0.1) is 11.3 Å². The summed E-state index contributed by atoms with van der Waals surface area (Å²) < 4.78 is 21.6. The number of hydrogen-bond donors (Lipinski definition) is 1. The number of rotatable bonds is 8. The molecule has 1 amide bonds. The quantitative estimate of drug-likeness (QED) is 0.439. The van der Waals surface area contributed by atoms with Crippen LogP contribution in [0.5, 0.6) is 17.2 Å². The van der Waals surface area contributed by atoms with Crippen molar-refractivity contribution >= 4 is 12.0 Å². The van der Waals surface area contributed by atoms with Crippen molar-refractivity contribution in [3.63, 3.8) is 0 Å². The van der Waals surface area contributed by atoms with Crippen LogP contribution in [-0.4, -0.2) is 46.0 Å². The van der Waals surface area contributed by atoms with Gasteiger partial charge in [-0.15, -0.1) is 0 Å². The number of amides is 1. The van der Waals surface area contributed by atoms with E-state index in [2.05, 4.69) is 5.32 Å². The monoisotopic (exact) mass is 346 g/mol. The highest BCUT2D eigenvalue weighted by Gasteiger charge is 2.18. The molecule has 0 aliphatic carbocycles. The fourth-order valence-corrected chi connectivity index (χ4v) is 2.31. The van der Waals surface area contributed by atoms with Gasteiger partial charge in [-0.3, -0.25) is 4.79 Å². The Hall–Kier alpha value is -2.72. The van der Waals surface area contributed by atoms with Gasteiger partial charge in [0.2, 0.25) is 5.75 Å². The number of benzene rings is 1. The van der Waals surface area contributed by atoms with E-state index in [0.29, 0.717) is 62.2 Å². The van der Waals surface area contributed by atoms with E-state index in [9.17, 15) is 10.1 Å². The van der Waals surface area contributed by atoms with Gasteiger partial charge in [-0.05, 0) is 37.1 Å². The Kier molecular flexibility index (Phi) is 7.11. The van der Waals surface area contributed by atoms with Gasteiger partial charge in [0, 0.05) is 19.8 Å². The predicted octanol–water partition coefficient (Wildman–Crippen LogP) is 1.92. The molecule has 0 radical (unpaired) electrons. The third-order valence-electron chi connectivity index (χ3n) is 3.48. The molecule has 25 heavy (non-hydrogen) atoms. The highest BCUT2D eigenvalue weighted by atomic mass is 16.6. The molecular weight excluding hydrogens is 324 g/mol. The first-order valence-corrected chi connectivity index (χ1v) is 8.15. The number of ether oxygens (including phenoxy) is 4. The van der Waals surface area contributed by atoms with Gasteiger partial charge in [-0.25, -0.2) is 0 Å². The topological polar surface area (TPSA) is 89.8 Å². The first kappa shape index (κ1) is 18.6. The van der Waals surface area contributed by atoms with E-state index in [4.69, 9.17) is 18.9 Å². The summed E-state index contributed by atoms with van der Waals surface area (Å²) in [4.78, 5) is 12.1. The highest BCUT2D eigenvalue weighted by Crippen LogP contribution is 2.40. The average Bonchev–Trinajstić information content (AvgIpc) is 2.65. The Morgan fingerprint density at radius 3 is 2.92 bits per heavy atom. The normalized spacial score (nSPS) is 13.1. The summed E-state index contributed by atoms with van der Waals surface area (Å²) in [6, 6.07) is 5.35. The van der Waals surface area contributed by atoms with Crippen LogP contribution in [0.3, 0.4) is 0 Å². The summed E-state index contributed by atoms with van der Waals surface area (Å²) in [5.74, 6) is 1.14. The standard InChI is InChI=1S/C18H22N2O5/c1-3-23-6-4-5-20-18(21)14(12-19)9-13-10-15(22-2)17-16(11-13)24-7-8-25-17/h9-11H,3-8H2,1-2H3,(H,20,21)/b14-9+. The molecule has 0 bridgehead atoms. The van der Waals surface area contributed by atoms with E-state index in [1.54, 1.807) is 12.1 Å². The zero-order valence-electron chi connectivity index (χ0n) is 14.5. The molecule has 1 N–H and O–H groups in total. The molecule has 0 fully saturated rings. The largest absolute Gasteiger partial charge is 0.493 e. The van der Waals surface area contributed by atoms with E-state index < -0.39 is 5.91 Å². The number of carbonyl (C=O) groups excluding carboxylic acids is 1. The molecule has 134 valence electrons. The lowest BCUT2D eigenvalue weighted by atomic mass is 10.1. The number of methoxy groups -OCH3 is 1. The van der Waals surface area contributed by atoms with E-state index in [-0.39, 0.29) is 5.57 Å². The molecule has 1 aliphatic rings. The van der Waals surface area contributed by atoms with E-state index >= 15 is 0 Å². The second kappa shape index (κ2) is 9.55. The van der Waals surface area contributed by atoms with Crippen LogP contribution < -0.4 is 19.5 Å². The molecule has 0 saturated carbocycles. The van der Waals surface area contributed by atoms with Gasteiger partial charge in [0.1, 0.15) is 24.9 Å². The van der Waals surface area contributed by atoms with Crippen molar-refractivity contribution in [3.05, 3.63) is 23.3 Å². The SMILES string of the molecule is CCOCCCNC(=O)/C(C#N)=C/c1cc(OC)c2c(c1)OCCO2. The van der Waals surface area contributed by atoms with Crippen molar-refractivity contribution in [3.8, 4) is 23.3 Å². The maximum Gasteiger partial charge on any atom is 0.261 e. The fourth-order valence-electron chi connectivity index (χ4n) is 2.31. The van der Waals surface area contributed by atoms with Crippen LogP contribution in [0.25, 0.3) is 6.08 Å². The number of nitrogens with zero attached hydrogens (tertiary/aromatic N) is 1. The molecule has 0 saturated heterocycles. The Labute approximate surface area is 147 Å². The maximum atomic E-state index is 12.1. The predicted molar refractivity (Wildman–Crippen MR) is 91.7 cm³/mol. The zero-order chi connectivity index (χ0) is 18.1. The fraction of sp³-hybridized carbons (Fsp3) is 0.444. The van der Waals surface area contributed by atoms with E-state index in [1.165, 1.54) is 13.2 Å². The average molecular weight is 346 g/mol. The summed E-state index contributed by atoms with van der Waals surface area (Å²) in [6.45, 7) is 4.46. The van der Waals surface area contributed by atoms with Crippen molar-refractivity contribution in [2.45, 2.75) is 13.3 Å². The van der Waals surface area contributed by atoms with E-state index in [0.717, 1.165) is 0 Å². The molecule has 7 heteroatoms. The Morgan fingerprint density at radius 1 is 1.40 bits per heavy atom. The number of fused-ring (bicyclic) bond motifs is 1. The first-order valence-electron chi connectivity index (χ1n) is 8.15. The zero-order valence-corrected chi connectivity index (χ0v) is 14.5. The maximum absolute atomic E-state index is 12.1. The molecule has 0 aromatic heterocycles. The summed E-state index contributed by atoms with van der Waals surface area (Å²) in [7, 11) is 1.53. The molecule has 1 aliphatic heterocycles. The Balaban J connectivity index is 2.11. The summed E-state index contributed by atoms with van der Waals surface area (Å²) in [6.07, 6.45) is 2.19. The summed E-state index contributed by atoms with van der Waals surface area (Å²) >= 11 is 0. The minimum atomic E-state index is -0.423. The van der Waals surface area contributed by atoms with Crippen molar-refractivity contribution in [1.82, 2.24) is 5.32 Å². The molecular formula is C18H22N2O5. The van der Waals surface area contributed by atoms with Crippen LogP contribution in [-0.2, 0) is 9.53 Å². The van der Waals surface area contributed by atoms with Gasteiger partial charge in [0.15, 0.2) is 11.5 Å². The molecule has 1 heterocycles. The smallest absolute Gasteiger partial charge is 0.261 e. The van der Waals surface area contributed by atoms with Gasteiger partial charge >= 0.3 is 0 Å². The van der Waals surface area contributed by atoms with Gasteiger partial charge in [0.25, 0.3) is 5.91 Å². The molecule has 0 unspecified atom stereocenters. The third kappa shape index (κ3) is 5.13. The molecule has 2 rings (SSSR count). The number of nitriles is 1. The van der Waals surface area contributed by atoms with Gasteiger partial charge in [0.05, 0.1) is 7.11 Å². The van der Waals surface area contributed by atoms with Crippen molar-refractivity contribution in [1.29, 1.82) is 5.26 Å². The minimum Gasteiger partial charge on any atom is -0.493 e. The molecule has 7 nitrogen and oxygen atoms in total. The van der Waals surface area contributed by atoms with Crippen molar-refractivity contribution in [2.24, 2.45) is 0 Å². The lowest BCUT2D eigenvalue weighted by Gasteiger charge is -2.21. The van der Waals surface area contributed by atoms with Crippen LogP contribution in [0.4, 0.5) is 0 Å². The van der Waals surface area contributed by atoms with Gasteiger partial charge in [-0.2, -0.15) is 5.26 Å². The van der Waals surface area contributed by atoms with Gasteiger partial charge in [-0.1, -0.05) is 0 Å². The van der Waals surface area contributed by atoms with Crippen molar-refractivity contribution < 1.29 is 23.7 Å². The number of carbonyl (C=O) groups is 1. The van der Waals surface area contributed by atoms with Crippen molar-refractivity contribution in [2.75, 3.05) is 40.1 Å². The van der Waals surface area contributed by atoms with Crippen LogP contribution in [0.15, 0.2) is 17.7 Å². The van der Waals surface area contributed by atoms with Gasteiger partial charge < -0.3 is 24.3 Å². The summed E-state index contributed by atoms with van der Waals surface area (Å²) in [5.41, 5.74) is 0.636. The number of nitrogens with one attached hydrogen (secondary N) is 1. The molecule has 1 aromatic carbocycles. The Morgan fingerprint density at radius 2 is 2.20 bits per heavy atom. The lowest BCUT2D eigenvalue weighted by molar-refractivity contribution is -0.117. The second-order valence-corrected chi connectivity index (χ2v) is 5.22. The minimum absolute atomic E-state index is 0.00939. The Bertz CT molecular complexity index is 662. The number of hydrogen-bond acceptors (Lipinski definition) is 6. The summed E-state index contributed by atoms with van der Waals surface area (Å²) in [5, 5.41) is 12.0.